The summed E-state index contributed by atoms with van der Waals surface area (Å²) in [5.41, 5.74) is 0.415. The van der Waals surface area contributed by atoms with Crippen molar-refractivity contribution in [2.45, 2.75) is 0 Å². The third-order valence-corrected chi connectivity index (χ3v) is 4.71. The quantitative estimate of drug-likeness (QED) is 0.630. The van der Waals surface area contributed by atoms with Gasteiger partial charge >= 0.3 is 5.97 Å². The minimum absolute atomic E-state index is 0.217. The molecule has 1 aliphatic rings. The molecule has 1 saturated heterocycles. The molecule has 1 heterocycles. The highest BCUT2D eigenvalue weighted by Gasteiger charge is 2.34. The van der Waals surface area contributed by atoms with Gasteiger partial charge in [-0.15, -0.1) is 0 Å². The number of carbonyl (C=O) groups is 2. The van der Waals surface area contributed by atoms with E-state index < -0.39 is 23.4 Å². The fourth-order valence-corrected chi connectivity index (χ4v) is 3.57. The molecular formula is C17H10FNO4S2. The minimum Gasteiger partial charge on any atom is -0.507 e. The molecule has 0 radical (unpaired) electrons. The van der Waals surface area contributed by atoms with E-state index in [4.69, 9.17) is 17.3 Å². The number of nitrogens with zero attached hydrogens (tertiary/aromatic N) is 1. The SMILES string of the molecule is O=C(O)c1cc(N2C(=O)C(=Cc3cccc(F)c3)SC2=S)ccc1O. The summed E-state index contributed by atoms with van der Waals surface area (Å²) >= 11 is 6.24. The van der Waals surface area contributed by atoms with Crippen molar-refractivity contribution in [3.63, 3.8) is 0 Å². The lowest BCUT2D eigenvalue weighted by Crippen LogP contribution is -2.27. The highest BCUT2D eigenvalue weighted by Crippen LogP contribution is 2.37. The van der Waals surface area contributed by atoms with Gasteiger partial charge in [0.1, 0.15) is 17.1 Å². The van der Waals surface area contributed by atoms with Gasteiger partial charge in [0.25, 0.3) is 5.91 Å². The van der Waals surface area contributed by atoms with E-state index in [2.05, 4.69) is 0 Å². The number of halogens is 1. The predicted octanol–water partition coefficient (Wildman–Crippen LogP) is 3.64. The molecule has 2 N–H and O–H groups in total. The zero-order valence-corrected chi connectivity index (χ0v) is 14.1. The number of carboxylic acids is 1. The van der Waals surface area contributed by atoms with E-state index in [1.165, 1.54) is 47.4 Å². The van der Waals surface area contributed by atoms with Gasteiger partial charge in [0.05, 0.1) is 10.6 Å². The van der Waals surface area contributed by atoms with Crippen LogP contribution >= 0.6 is 24.0 Å². The Bertz CT molecular complexity index is 942. The molecule has 8 heteroatoms. The largest absolute Gasteiger partial charge is 0.507 e. The third kappa shape index (κ3) is 3.40. The highest BCUT2D eigenvalue weighted by molar-refractivity contribution is 8.27. The smallest absolute Gasteiger partial charge is 0.339 e. The van der Waals surface area contributed by atoms with E-state index in [0.717, 1.165) is 11.8 Å². The van der Waals surface area contributed by atoms with Crippen molar-refractivity contribution in [2.24, 2.45) is 0 Å². The molecule has 0 aromatic heterocycles. The second-order valence-electron chi connectivity index (χ2n) is 5.08. The van der Waals surface area contributed by atoms with Crippen molar-refractivity contribution in [3.05, 3.63) is 64.3 Å². The van der Waals surface area contributed by atoms with E-state index >= 15 is 0 Å². The van der Waals surface area contributed by atoms with E-state index in [-0.39, 0.29) is 15.6 Å². The van der Waals surface area contributed by atoms with Crippen LogP contribution < -0.4 is 4.90 Å². The summed E-state index contributed by atoms with van der Waals surface area (Å²) in [6, 6.07) is 9.53. The van der Waals surface area contributed by atoms with Crippen LogP contribution in [0.5, 0.6) is 5.75 Å². The molecule has 0 atom stereocenters. The number of hydrogen-bond acceptors (Lipinski definition) is 5. The lowest BCUT2D eigenvalue weighted by molar-refractivity contribution is -0.113. The van der Waals surface area contributed by atoms with Crippen LogP contribution in [0.15, 0.2) is 47.4 Å². The van der Waals surface area contributed by atoms with Crippen LogP contribution in [0, 0.1) is 5.82 Å². The van der Waals surface area contributed by atoms with E-state index in [9.17, 15) is 19.1 Å². The van der Waals surface area contributed by atoms with Crippen molar-refractivity contribution in [1.29, 1.82) is 0 Å². The van der Waals surface area contributed by atoms with Gasteiger partial charge in [0, 0.05) is 0 Å². The average molecular weight is 375 g/mol. The molecule has 1 aliphatic heterocycles. The molecule has 5 nitrogen and oxygen atoms in total. The Hall–Kier alpha value is -2.71. The van der Waals surface area contributed by atoms with Crippen molar-refractivity contribution < 1.29 is 24.2 Å². The number of carbonyl (C=O) groups excluding carboxylic acids is 1. The van der Waals surface area contributed by atoms with E-state index in [1.807, 2.05) is 0 Å². The monoisotopic (exact) mass is 375 g/mol. The van der Waals surface area contributed by atoms with Crippen molar-refractivity contribution in [3.8, 4) is 5.75 Å². The second kappa shape index (κ2) is 6.66. The Kier molecular flexibility index (Phi) is 4.56. The first kappa shape index (κ1) is 17.1. The van der Waals surface area contributed by atoms with Gasteiger partial charge in [0.15, 0.2) is 4.32 Å². The Labute approximate surface area is 151 Å². The van der Waals surface area contributed by atoms with Crippen LogP contribution in [-0.4, -0.2) is 26.4 Å². The summed E-state index contributed by atoms with van der Waals surface area (Å²) in [5, 5.41) is 18.7. The number of thiocarbonyl (C=S) groups is 1. The number of carboxylic acid groups (broad SMARTS) is 1. The van der Waals surface area contributed by atoms with E-state index in [0.29, 0.717) is 10.5 Å². The number of amides is 1. The Morgan fingerprint density at radius 2 is 2.00 bits per heavy atom. The molecule has 0 unspecified atom stereocenters. The molecule has 126 valence electrons. The fraction of sp³-hybridized carbons (Fsp3) is 0. The number of aromatic hydroxyl groups is 1. The topological polar surface area (TPSA) is 77.8 Å². The molecule has 2 aromatic carbocycles. The van der Waals surface area contributed by atoms with Crippen LogP contribution in [0.2, 0.25) is 0 Å². The molecule has 0 aliphatic carbocycles. The summed E-state index contributed by atoms with van der Waals surface area (Å²) in [6.45, 7) is 0. The van der Waals surface area contributed by atoms with Crippen LogP contribution in [0.1, 0.15) is 15.9 Å². The predicted molar refractivity (Wildman–Crippen MR) is 97.1 cm³/mol. The average Bonchev–Trinajstić information content (AvgIpc) is 2.82. The zero-order valence-electron chi connectivity index (χ0n) is 12.5. The van der Waals surface area contributed by atoms with Crippen LogP contribution in [0.25, 0.3) is 6.08 Å². The van der Waals surface area contributed by atoms with Gasteiger partial charge in [-0.05, 0) is 42.0 Å². The number of thioether (sulfide) groups is 1. The molecule has 0 spiro atoms. The number of phenols is 1. The number of aromatic carboxylic acids is 1. The minimum atomic E-state index is -1.32. The van der Waals surface area contributed by atoms with Crippen LogP contribution in [0.3, 0.4) is 0 Å². The first-order valence-corrected chi connectivity index (χ1v) is 8.19. The van der Waals surface area contributed by atoms with Gasteiger partial charge in [-0.3, -0.25) is 9.69 Å². The Morgan fingerprint density at radius 1 is 1.24 bits per heavy atom. The molecule has 0 bridgehead atoms. The maximum atomic E-state index is 13.3. The fourth-order valence-electron chi connectivity index (χ4n) is 2.27. The molecule has 0 saturated carbocycles. The van der Waals surface area contributed by atoms with Crippen molar-refractivity contribution in [1.82, 2.24) is 0 Å². The standard InChI is InChI=1S/C17H10FNO4S2/c18-10-3-1-2-9(6-10)7-14-15(21)19(17(24)25-14)11-4-5-13(20)12(8-11)16(22)23/h1-8,20H,(H,22,23). The lowest BCUT2D eigenvalue weighted by atomic mass is 10.1. The number of benzene rings is 2. The molecule has 2 aromatic rings. The number of anilines is 1. The summed E-state index contributed by atoms with van der Waals surface area (Å²) in [4.78, 5) is 25.2. The van der Waals surface area contributed by atoms with Gasteiger partial charge in [-0.1, -0.05) is 36.1 Å². The van der Waals surface area contributed by atoms with E-state index in [1.54, 1.807) is 6.07 Å². The van der Waals surface area contributed by atoms with Crippen molar-refractivity contribution in [2.75, 3.05) is 4.90 Å². The van der Waals surface area contributed by atoms with Gasteiger partial charge in [-0.25, -0.2) is 9.18 Å². The summed E-state index contributed by atoms with van der Waals surface area (Å²) in [6.07, 6.45) is 1.51. The Morgan fingerprint density at radius 3 is 2.68 bits per heavy atom. The number of rotatable bonds is 3. The summed E-state index contributed by atoms with van der Waals surface area (Å²) < 4.78 is 13.5. The molecule has 3 rings (SSSR count). The first-order chi connectivity index (χ1) is 11.9. The van der Waals surface area contributed by atoms with Gasteiger partial charge in [-0.2, -0.15) is 0 Å². The zero-order chi connectivity index (χ0) is 18.1. The first-order valence-electron chi connectivity index (χ1n) is 6.96. The lowest BCUT2D eigenvalue weighted by Gasteiger charge is -2.15. The third-order valence-electron chi connectivity index (χ3n) is 3.41. The van der Waals surface area contributed by atoms with Crippen molar-refractivity contribution >= 4 is 51.9 Å². The second-order valence-corrected chi connectivity index (χ2v) is 6.75. The maximum absolute atomic E-state index is 13.3. The molecule has 1 fully saturated rings. The molecular weight excluding hydrogens is 365 g/mol. The Balaban J connectivity index is 1.97. The van der Waals surface area contributed by atoms with Gasteiger partial charge in [0.2, 0.25) is 0 Å². The number of hydrogen-bond donors (Lipinski definition) is 2. The molecule has 1 amide bonds. The highest BCUT2D eigenvalue weighted by atomic mass is 32.2. The normalized spacial score (nSPS) is 15.9. The summed E-state index contributed by atoms with van der Waals surface area (Å²) in [5.74, 6) is -2.59. The summed E-state index contributed by atoms with van der Waals surface area (Å²) in [7, 11) is 0. The maximum Gasteiger partial charge on any atom is 0.339 e. The van der Waals surface area contributed by atoms with Crippen LogP contribution in [0.4, 0.5) is 10.1 Å². The van der Waals surface area contributed by atoms with Gasteiger partial charge < -0.3 is 10.2 Å². The molecule has 25 heavy (non-hydrogen) atoms. The van der Waals surface area contributed by atoms with Crippen LogP contribution in [-0.2, 0) is 4.79 Å².